The molecule has 1 fully saturated rings. The molecule has 2 N–H and O–H groups in total. The molecule has 3 nitrogen and oxygen atoms in total. The minimum Gasteiger partial charge on any atom is -0.358 e. The molecular formula is C17H25N3. The first-order valence-electron chi connectivity index (χ1n) is 7.76. The van der Waals surface area contributed by atoms with E-state index in [-0.39, 0.29) is 0 Å². The molecule has 0 bridgehead atoms. The highest BCUT2D eigenvalue weighted by Crippen LogP contribution is 2.30. The zero-order valence-electron chi connectivity index (χ0n) is 12.6. The van der Waals surface area contributed by atoms with Gasteiger partial charge in [-0.2, -0.15) is 0 Å². The van der Waals surface area contributed by atoms with Crippen LogP contribution >= 0.6 is 0 Å². The standard InChI is InChI=1S/C17H25N3/c1-13(7-10-20-11-8-18-9-12-20)17-14(2)19-16-6-4-3-5-15(16)17/h3-6,13,18-19H,7-12H2,1-2H3. The second-order valence-electron chi connectivity index (χ2n) is 5.99. The zero-order chi connectivity index (χ0) is 13.9. The van der Waals surface area contributed by atoms with E-state index < -0.39 is 0 Å². The molecule has 1 saturated heterocycles. The summed E-state index contributed by atoms with van der Waals surface area (Å²) in [5.74, 6) is 0.612. The lowest BCUT2D eigenvalue weighted by molar-refractivity contribution is 0.234. The molecule has 2 aromatic rings. The number of aryl methyl sites for hydroxylation is 1. The maximum atomic E-state index is 3.52. The van der Waals surface area contributed by atoms with Gasteiger partial charge in [-0.05, 0) is 37.4 Å². The summed E-state index contributed by atoms with van der Waals surface area (Å²) in [6, 6.07) is 8.67. The van der Waals surface area contributed by atoms with Gasteiger partial charge in [0.25, 0.3) is 0 Å². The van der Waals surface area contributed by atoms with E-state index in [1.54, 1.807) is 0 Å². The van der Waals surface area contributed by atoms with Gasteiger partial charge in [0.1, 0.15) is 0 Å². The molecule has 108 valence electrons. The number of nitrogens with zero attached hydrogens (tertiary/aromatic N) is 1. The van der Waals surface area contributed by atoms with E-state index in [2.05, 4.69) is 53.3 Å². The van der Waals surface area contributed by atoms with E-state index in [1.165, 1.54) is 48.2 Å². The van der Waals surface area contributed by atoms with Crippen molar-refractivity contribution in [1.29, 1.82) is 0 Å². The fourth-order valence-electron chi connectivity index (χ4n) is 3.39. The second-order valence-corrected chi connectivity index (χ2v) is 5.99. The number of para-hydroxylation sites is 1. The number of benzene rings is 1. The molecule has 1 aromatic carbocycles. The average Bonchev–Trinajstić information content (AvgIpc) is 2.82. The molecule has 0 radical (unpaired) electrons. The SMILES string of the molecule is Cc1[nH]c2ccccc2c1C(C)CCN1CCNCC1. The fourth-order valence-corrected chi connectivity index (χ4v) is 3.39. The summed E-state index contributed by atoms with van der Waals surface area (Å²) in [5.41, 5.74) is 4.11. The fraction of sp³-hybridized carbons (Fsp3) is 0.529. The lowest BCUT2D eigenvalue weighted by atomic mass is 9.94. The third-order valence-corrected chi connectivity index (χ3v) is 4.52. The van der Waals surface area contributed by atoms with Crippen molar-refractivity contribution in [3.05, 3.63) is 35.5 Å². The molecule has 3 heteroatoms. The van der Waals surface area contributed by atoms with Gasteiger partial charge in [0.15, 0.2) is 0 Å². The number of fused-ring (bicyclic) bond motifs is 1. The predicted molar refractivity (Wildman–Crippen MR) is 85.4 cm³/mol. The van der Waals surface area contributed by atoms with Crippen LogP contribution in [-0.2, 0) is 0 Å². The Hall–Kier alpha value is -1.32. The minimum absolute atomic E-state index is 0.612. The number of hydrogen-bond donors (Lipinski definition) is 2. The van der Waals surface area contributed by atoms with Crippen molar-refractivity contribution >= 4 is 10.9 Å². The van der Waals surface area contributed by atoms with E-state index in [0.29, 0.717) is 5.92 Å². The largest absolute Gasteiger partial charge is 0.358 e. The highest BCUT2D eigenvalue weighted by molar-refractivity contribution is 5.85. The quantitative estimate of drug-likeness (QED) is 0.896. The van der Waals surface area contributed by atoms with Gasteiger partial charge in [-0.15, -0.1) is 0 Å². The van der Waals surface area contributed by atoms with Crippen LogP contribution in [0, 0.1) is 6.92 Å². The summed E-state index contributed by atoms with van der Waals surface area (Å²) in [4.78, 5) is 6.10. The van der Waals surface area contributed by atoms with Crippen LogP contribution in [0.1, 0.15) is 30.5 Å². The van der Waals surface area contributed by atoms with Crippen molar-refractivity contribution in [3.8, 4) is 0 Å². The molecule has 1 atom stereocenters. The number of piperazine rings is 1. The Labute approximate surface area is 121 Å². The third-order valence-electron chi connectivity index (χ3n) is 4.52. The number of aromatic nitrogens is 1. The summed E-state index contributed by atoms with van der Waals surface area (Å²) in [7, 11) is 0. The van der Waals surface area contributed by atoms with Crippen molar-refractivity contribution in [1.82, 2.24) is 15.2 Å². The Morgan fingerprint density at radius 3 is 2.75 bits per heavy atom. The Morgan fingerprint density at radius 1 is 1.20 bits per heavy atom. The van der Waals surface area contributed by atoms with Crippen LogP contribution in [-0.4, -0.2) is 42.6 Å². The lowest BCUT2D eigenvalue weighted by Crippen LogP contribution is -2.43. The lowest BCUT2D eigenvalue weighted by Gasteiger charge is -2.28. The summed E-state index contributed by atoms with van der Waals surface area (Å²) in [6.45, 7) is 10.4. The number of rotatable bonds is 4. The van der Waals surface area contributed by atoms with Crippen molar-refractivity contribution in [2.45, 2.75) is 26.2 Å². The van der Waals surface area contributed by atoms with E-state index in [4.69, 9.17) is 0 Å². The van der Waals surface area contributed by atoms with Crippen molar-refractivity contribution in [2.75, 3.05) is 32.7 Å². The van der Waals surface area contributed by atoms with E-state index >= 15 is 0 Å². The first kappa shape index (κ1) is 13.7. The molecular weight excluding hydrogens is 246 g/mol. The average molecular weight is 271 g/mol. The topological polar surface area (TPSA) is 31.1 Å². The Bertz CT molecular complexity index is 567. The molecule has 0 saturated carbocycles. The van der Waals surface area contributed by atoms with Gasteiger partial charge in [0.2, 0.25) is 0 Å². The van der Waals surface area contributed by atoms with E-state index in [0.717, 1.165) is 13.1 Å². The van der Waals surface area contributed by atoms with Crippen LogP contribution in [0.15, 0.2) is 24.3 Å². The summed E-state index contributed by atoms with van der Waals surface area (Å²) < 4.78 is 0. The van der Waals surface area contributed by atoms with E-state index in [1.807, 2.05) is 0 Å². The highest BCUT2D eigenvalue weighted by atomic mass is 15.2. The third kappa shape index (κ3) is 2.74. The first-order valence-corrected chi connectivity index (χ1v) is 7.76. The van der Waals surface area contributed by atoms with Gasteiger partial charge in [0, 0.05) is 42.8 Å². The zero-order valence-corrected chi connectivity index (χ0v) is 12.6. The Balaban J connectivity index is 1.71. The summed E-state index contributed by atoms with van der Waals surface area (Å²) >= 11 is 0. The Morgan fingerprint density at radius 2 is 1.95 bits per heavy atom. The first-order chi connectivity index (χ1) is 9.75. The van der Waals surface area contributed by atoms with Gasteiger partial charge in [0.05, 0.1) is 0 Å². The molecule has 1 aliphatic heterocycles. The van der Waals surface area contributed by atoms with Crippen molar-refractivity contribution in [3.63, 3.8) is 0 Å². The van der Waals surface area contributed by atoms with Gasteiger partial charge in [-0.3, -0.25) is 0 Å². The van der Waals surface area contributed by atoms with Crippen LogP contribution in [0.25, 0.3) is 10.9 Å². The molecule has 3 rings (SSSR count). The van der Waals surface area contributed by atoms with Crippen molar-refractivity contribution < 1.29 is 0 Å². The molecule has 0 aliphatic carbocycles. The van der Waals surface area contributed by atoms with Crippen LogP contribution < -0.4 is 5.32 Å². The molecule has 0 spiro atoms. The van der Waals surface area contributed by atoms with Gasteiger partial charge >= 0.3 is 0 Å². The molecule has 1 aromatic heterocycles. The summed E-state index contributed by atoms with van der Waals surface area (Å²) in [6.07, 6.45) is 1.24. The van der Waals surface area contributed by atoms with Gasteiger partial charge in [-0.25, -0.2) is 0 Å². The highest BCUT2D eigenvalue weighted by Gasteiger charge is 2.16. The number of nitrogens with one attached hydrogen (secondary N) is 2. The molecule has 1 aliphatic rings. The monoisotopic (exact) mass is 271 g/mol. The predicted octanol–water partition coefficient (Wildman–Crippen LogP) is 2.88. The second kappa shape index (κ2) is 5.98. The normalized spacial score (nSPS) is 18.5. The number of H-pyrrole nitrogens is 1. The van der Waals surface area contributed by atoms with Crippen molar-refractivity contribution in [2.24, 2.45) is 0 Å². The van der Waals surface area contributed by atoms with Crippen LogP contribution in [0.2, 0.25) is 0 Å². The molecule has 0 amide bonds. The number of hydrogen-bond acceptors (Lipinski definition) is 2. The smallest absolute Gasteiger partial charge is 0.0458 e. The molecule has 2 heterocycles. The Kier molecular flexibility index (Phi) is 4.08. The van der Waals surface area contributed by atoms with Crippen LogP contribution in [0.3, 0.4) is 0 Å². The molecule has 1 unspecified atom stereocenters. The summed E-state index contributed by atoms with van der Waals surface area (Å²) in [5, 5.41) is 4.82. The molecule has 20 heavy (non-hydrogen) atoms. The van der Waals surface area contributed by atoms with Crippen LogP contribution in [0.5, 0.6) is 0 Å². The van der Waals surface area contributed by atoms with Gasteiger partial charge in [-0.1, -0.05) is 25.1 Å². The maximum Gasteiger partial charge on any atom is 0.0458 e. The van der Waals surface area contributed by atoms with Gasteiger partial charge < -0.3 is 15.2 Å². The maximum absolute atomic E-state index is 3.52. The van der Waals surface area contributed by atoms with E-state index in [9.17, 15) is 0 Å². The van der Waals surface area contributed by atoms with Crippen LogP contribution in [0.4, 0.5) is 0 Å². The number of aromatic amines is 1. The minimum atomic E-state index is 0.612.